The average Bonchev–Trinajstić information content (AvgIpc) is 3.23. The molecule has 0 aromatic carbocycles. The molecule has 0 saturated heterocycles. The molecule has 6 rings (SSSR count). The number of hydrogen-bond donors (Lipinski definition) is 0. The molecule has 0 atom stereocenters. The lowest BCUT2D eigenvalue weighted by molar-refractivity contribution is 0.0977. The highest BCUT2D eigenvalue weighted by atomic mass is 79.9. The van der Waals surface area contributed by atoms with Gasteiger partial charge in [0.1, 0.15) is 16.9 Å². The van der Waals surface area contributed by atoms with Crippen LogP contribution in [0.15, 0.2) is 53.8 Å². The minimum Gasteiger partial charge on any atom is -0.306 e. The van der Waals surface area contributed by atoms with Crippen LogP contribution in [0.4, 0.5) is 4.39 Å². The Morgan fingerprint density at radius 1 is 1.15 bits per heavy atom. The number of hydrogen-bond acceptors (Lipinski definition) is 5. The van der Waals surface area contributed by atoms with Gasteiger partial charge in [-0.15, -0.1) is 5.10 Å². The molecule has 1 aliphatic carbocycles. The summed E-state index contributed by atoms with van der Waals surface area (Å²) in [5, 5.41) is 8.12. The second-order valence-electron chi connectivity index (χ2n) is 8.38. The standard InChI is InChI=1S/C23H19BrFN7O/c24-17-7-8-30-13-26-18(23(30)22(17)25)4-5-20(33)19-12-32(29-28-19)11-16-10-31-9-15(14-1-2-14)3-6-21(31)27-16/h3,6-10,12-14H,1-2,4-5,11H2. The van der Waals surface area contributed by atoms with Crippen LogP contribution in [0.2, 0.25) is 0 Å². The monoisotopic (exact) mass is 507 g/mol. The molecule has 5 aromatic rings. The summed E-state index contributed by atoms with van der Waals surface area (Å²) in [4.78, 5) is 21.6. The first kappa shape index (κ1) is 20.2. The first-order valence-electron chi connectivity index (χ1n) is 10.8. The lowest BCUT2D eigenvalue weighted by Crippen LogP contribution is -2.03. The highest BCUT2D eigenvalue weighted by Gasteiger charge is 2.24. The molecule has 0 spiro atoms. The highest BCUT2D eigenvalue weighted by molar-refractivity contribution is 9.10. The van der Waals surface area contributed by atoms with E-state index in [4.69, 9.17) is 0 Å². The Morgan fingerprint density at radius 3 is 2.88 bits per heavy atom. The van der Waals surface area contributed by atoms with Gasteiger partial charge >= 0.3 is 0 Å². The van der Waals surface area contributed by atoms with E-state index in [2.05, 4.69) is 48.5 Å². The molecule has 1 aliphatic rings. The smallest absolute Gasteiger partial charge is 0.185 e. The fraction of sp³-hybridized carbons (Fsp3) is 0.261. The molecule has 0 bridgehead atoms. The number of ketones is 1. The maximum Gasteiger partial charge on any atom is 0.185 e. The molecule has 0 radical (unpaired) electrons. The number of Topliss-reactive ketones (excluding diaryl/α,β-unsaturated/α-hetero) is 1. The van der Waals surface area contributed by atoms with Gasteiger partial charge in [0.15, 0.2) is 11.6 Å². The molecule has 0 amide bonds. The molecule has 166 valence electrons. The van der Waals surface area contributed by atoms with Crippen molar-refractivity contribution < 1.29 is 9.18 Å². The molecule has 0 aliphatic heterocycles. The number of halogens is 2. The number of fused-ring (bicyclic) bond motifs is 2. The molecule has 1 saturated carbocycles. The van der Waals surface area contributed by atoms with Gasteiger partial charge in [-0.1, -0.05) is 11.3 Å². The Hall–Kier alpha value is -3.40. The van der Waals surface area contributed by atoms with Gasteiger partial charge in [-0.05, 0) is 58.8 Å². The summed E-state index contributed by atoms with van der Waals surface area (Å²) in [6, 6.07) is 5.80. The van der Waals surface area contributed by atoms with E-state index in [-0.39, 0.29) is 23.7 Å². The van der Waals surface area contributed by atoms with Crippen LogP contribution in [0.3, 0.4) is 0 Å². The van der Waals surface area contributed by atoms with Gasteiger partial charge in [0.2, 0.25) is 0 Å². The number of aryl methyl sites for hydroxylation is 1. The number of nitrogens with zero attached hydrogens (tertiary/aromatic N) is 7. The first-order valence-corrected chi connectivity index (χ1v) is 11.5. The Balaban J connectivity index is 1.14. The quantitative estimate of drug-likeness (QED) is 0.308. The van der Waals surface area contributed by atoms with E-state index in [0.717, 1.165) is 11.3 Å². The van der Waals surface area contributed by atoms with Crippen molar-refractivity contribution in [2.75, 3.05) is 0 Å². The van der Waals surface area contributed by atoms with E-state index < -0.39 is 0 Å². The molecule has 33 heavy (non-hydrogen) atoms. The molecule has 5 heterocycles. The number of carbonyl (C=O) groups is 1. The van der Waals surface area contributed by atoms with E-state index in [1.54, 1.807) is 33.9 Å². The van der Waals surface area contributed by atoms with Gasteiger partial charge in [-0.2, -0.15) is 0 Å². The van der Waals surface area contributed by atoms with Crippen LogP contribution < -0.4 is 0 Å². The summed E-state index contributed by atoms with van der Waals surface area (Å²) >= 11 is 3.19. The van der Waals surface area contributed by atoms with Gasteiger partial charge in [-0.3, -0.25) is 4.79 Å². The Kier molecular flexibility index (Phi) is 4.83. The number of rotatable bonds is 7. The lowest BCUT2D eigenvalue weighted by atomic mass is 10.1. The fourth-order valence-corrected chi connectivity index (χ4v) is 4.40. The van der Waals surface area contributed by atoms with Crippen molar-refractivity contribution in [3.05, 3.63) is 82.2 Å². The number of imidazole rings is 2. The number of carbonyl (C=O) groups excluding carboxylic acids is 1. The fourth-order valence-electron chi connectivity index (χ4n) is 4.09. The molecular formula is C23H19BrFN7O. The van der Waals surface area contributed by atoms with Crippen LogP contribution >= 0.6 is 15.9 Å². The summed E-state index contributed by atoms with van der Waals surface area (Å²) in [5.74, 6) is 0.129. The zero-order valence-corrected chi connectivity index (χ0v) is 19.1. The number of pyridine rings is 2. The molecular weight excluding hydrogens is 489 g/mol. The van der Waals surface area contributed by atoms with Crippen LogP contribution in [0.5, 0.6) is 0 Å². The normalized spacial score (nSPS) is 13.9. The van der Waals surface area contributed by atoms with Crippen molar-refractivity contribution in [3.63, 3.8) is 0 Å². The van der Waals surface area contributed by atoms with Crippen molar-refractivity contribution in [3.8, 4) is 0 Å². The predicted molar refractivity (Wildman–Crippen MR) is 122 cm³/mol. The molecule has 8 nitrogen and oxygen atoms in total. The van der Waals surface area contributed by atoms with Crippen molar-refractivity contribution in [1.29, 1.82) is 0 Å². The van der Waals surface area contributed by atoms with E-state index >= 15 is 0 Å². The van der Waals surface area contributed by atoms with Gasteiger partial charge in [0.25, 0.3) is 0 Å². The summed E-state index contributed by atoms with van der Waals surface area (Å²) in [7, 11) is 0. The second-order valence-corrected chi connectivity index (χ2v) is 9.24. The maximum atomic E-state index is 14.5. The zero-order valence-electron chi connectivity index (χ0n) is 17.5. The Bertz CT molecular complexity index is 1510. The molecule has 0 N–H and O–H groups in total. The third-order valence-corrected chi connectivity index (χ3v) is 6.59. The van der Waals surface area contributed by atoms with Crippen LogP contribution in [-0.4, -0.2) is 39.5 Å². The van der Waals surface area contributed by atoms with Gasteiger partial charge in [-0.25, -0.2) is 19.0 Å². The van der Waals surface area contributed by atoms with Crippen LogP contribution in [0.25, 0.3) is 11.2 Å². The summed E-state index contributed by atoms with van der Waals surface area (Å²) in [6.45, 7) is 0.422. The average molecular weight is 508 g/mol. The van der Waals surface area contributed by atoms with Crippen molar-refractivity contribution in [1.82, 2.24) is 33.8 Å². The second kappa shape index (κ2) is 7.87. The van der Waals surface area contributed by atoms with Gasteiger partial charge < -0.3 is 8.80 Å². The SMILES string of the molecule is O=C(CCc1ncn2ccc(Br)c(F)c12)c1cn(Cc2cn3cc(C4CC4)ccc3n2)nn1. The summed E-state index contributed by atoms with van der Waals surface area (Å²) in [6.07, 6.45) is 12.0. The Labute approximate surface area is 196 Å². The first-order chi connectivity index (χ1) is 16.0. The molecule has 10 heteroatoms. The van der Waals surface area contributed by atoms with Crippen LogP contribution in [-0.2, 0) is 13.0 Å². The maximum absolute atomic E-state index is 14.5. The van der Waals surface area contributed by atoms with Crippen LogP contribution in [0, 0.1) is 5.82 Å². The van der Waals surface area contributed by atoms with Gasteiger partial charge in [0, 0.05) is 25.0 Å². The molecule has 0 unspecified atom stereocenters. The molecule has 1 fully saturated rings. The predicted octanol–water partition coefficient (Wildman–Crippen LogP) is 4.22. The van der Waals surface area contributed by atoms with Crippen molar-refractivity contribution in [2.24, 2.45) is 0 Å². The Morgan fingerprint density at radius 2 is 2.03 bits per heavy atom. The van der Waals surface area contributed by atoms with Crippen molar-refractivity contribution in [2.45, 2.75) is 38.1 Å². The lowest BCUT2D eigenvalue weighted by Gasteiger charge is -2.01. The van der Waals surface area contributed by atoms with Crippen molar-refractivity contribution >= 4 is 32.9 Å². The molecule has 5 aromatic heterocycles. The zero-order chi connectivity index (χ0) is 22.5. The highest BCUT2D eigenvalue weighted by Crippen LogP contribution is 2.39. The summed E-state index contributed by atoms with van der Waals surface area (Å²) in [5.41, 5.74) is 4.26. The number of aromatic nitrogens is 7. The van der Waals surface area contributed by atoms with E-state index in [1.165, 1.54) is 18.4 Å². The minimum absolute atomic E-state index is 0.162. The largest absolute Gasteiger partial charge is 0.306 e. The van der Waals surface area contributed by atoms with E-state index in [0.29, 0.717) is 34.6 Å². The van der Waals surface area contributed by atoms with Gasteiger partial charge in [0.05, 0.1) is 34.9 Å². The summed E-state index contributed by atoms with van der Waals surface area (Å²) < 4.78 is 20.1. The van der Waals surface area contributed by atoms with Crippen LogP contribution in [0.1, 0.15) is 52.6 Å². The third kappa shape index (κ3) is 3.84. The van der Waals surface area contributed by atoms with E-state index in [9.17, 15) is 9.18 Å². The third-order valence-electron chi connectivity index (χ3n) is 5.98. The topological polar surface area (TPSA) is 82.4 Å². The van der Waals surface area contributed by atoms with E-state index in [1.807, 2.05) is 16.7 Å². The minimum atomic E-state index is -0.389.